The Kier molecular flexibility index (Phi) is 3.46. The molecule has 2 heterocycles. The average Bonchev–Trinajstić information content (AvgIpc) is 2.94. The van der Waals surface area contributed by atoms with Crippen molar-refractivity contribution >= 4 is 17.5 Å². The summed E-state index contributed by atoms with van der Waals surface area (Å²) in [5, 5.41) is 19.4. The number of para-hydroxylation sites is 1. The van der Waals surface area contributed by atoms with E-state index in [4.69, 9.17) is 4.74 Å². The molecule has 0 amide bonds. The highest BCUT2D eigenvalue weighted by molar-refractivity contribution is 5.97. The molecular weight excluding hydrogens is 300 g/mol. The third-order valence-electron chi connectivity index (χ3n) is 3.40. The summed E-state index contributed by atoms with van der Waals surface area (Å²) in [6.45, 7) is 0. The van der Waals surface area contributed by atoms with Gasteiger partial charge in [0.25, 0.3) is 0 Å². The molecule has 23 heavy (non-hydrogen) atoms. The molecule has 3 rings (SSSR count). The van der Waals surface area contributed by atoms with Gasteiger partial charge in [0.1, 0.15) is 17.3 Å². The molecule has 0 bridgehead atoms. The molecule has 0 atom stereocenters. The zero-order valence-electron chi connectivity index (χ0n) is 12.1. The van der Waals surface area contributed by atoms with E-state index in [1.807, 2.05) is 0 Å². The number of carbonyl (C=O) groups is 2. The molecule has 0 aliphatic rings. The van der Waals surface area contributed by atoms with Gasteiger partial charge in [-0.25, -0.2) is 14.6 Å². The van der Waals surface area contributed by atoms with Crippen LogP contribution in [0.4, 0.5) is 0 Å². The first-order valence-corrected chi connectivity index (χ1v) is 6.66. The number of carboxylic acids is 1. The van der Waals surface area contributed by atoms with Gasteiger partial charge in [-0.05, 0) is 24.3 Å². The average molecular weight is 312 g/mol. The maximum atomic E-state index is 12.0. The van der Waals surface area contributed by atoms with Gasteiger partial charge in [-0.1, -0.05) is 18.2 Å². The number of phenols is 1. The number of carbonyl (C=O) groups excluding carboxylic acids is 1. The van der Waals surface area contributed by atoms with Gasteiger partial charge >= 0.3 is 11.9 Å². The summed E-state index contributed by atoms with van der Waals surface area (Å²) >= 11 is 0. The number of hydrogen-bond donors (Lipinski definition) is 2. The van der Waals surface area contributed by atoms with E-state index in [-0.39, 0.29) is 28.5 Å². The van der Waals surface area contributed by atoms with Crippen molar-refractivity contribution in [1.29, 1.82) is 0 Å². The first-order valence-electron chi connectivity index (χ1n) is 6.66. The van der Waals surface area contributed by atoms with Crippen LogP contribution in [0.15, 0.2) is 42.5 Å². The molecule has 2 aromatic heterocycles. The van der Waals surface area contributed by atoms with Crippen LogP contribution < -0.4 is 0 Å². The van der Waals surface area contributed by atoms with Crippen LogP contribution in [0.1, 0.15) is 21.0 Å². The number of pyridine rings is 1. The molecule has 0 aliphatic heterocycles. The van der Waals surface area contributed by atoms with Gasteiger partial charge in [0.2, 0.25) is 0 Å². The maximum Gasteiger partial charge on any atom is 0.356 e. The molecule has 0 unspecified atom stereocenters. The first-order chi connectivity index (χ1) is 11.0. The Hall–Kier alpha value is -3.35. The van der Waals surface area contributed by atoms with E-state index in [1.54, 1.807) is 24.3 Å². The lowest BCUT2D eigenvalue weighted by atomic mass is 10.2. The standard InChI is InChI=1S/C16H12N2O5/c1-23-16(22)11-7-4-6-10-13(15(20)21)17-14(18(10)11)9-5-2-3-8-12(9)19/h2-8,19H,1H3,(H,20,21). The number of hydrogen-bond acceptors (Lipinski definition) is 5. The molecule has 116 valence electrons. The maximum absolute atomic E-state index is 12.0. The van der Waals surface area contributed by atoms with E-state index in [1.165, 1.54) is 29.7 Å². The molecule has 0 aliphatic carbocycles. The fraction of sp³-hybridized carbons (Fsp3) is 0.0625. The minimum Gasteiger partial charge on any atom is -0.507 e. The summed E-state index contributed by atoms with van der Waals surface area (Å²) in [4.78, 5) is 27.5. The number of imidazole rings is 1. The predicted octanol–water partition coefficient (Wildman–Crippen LogP) is 2.19. The number of nitrogens with zero attached hydrogens (tertiary/aromatic N) is 2. The third-order valence-corrected chi connectivity index (χ3v) is 3.40. The van der Waals surface area contributed by atoms with E-state index >= 15 is 0 Å². The van der Waals surface area contributed by atoms with Crippen LogP contribution >= 0.6 is 0 Å². The Morgan fingerprint density at radius 2 is 1.87 bits per heavy atom. The Bertz CT molecular complexity index is 929. The van der Waals surface area contributed by atoms with Crippen LogP contribution in [0, 0.1) is 0 Å². The number of aromatic nitrogens is 2. The van der Waals surface area contributed by atoms with E-state index in [0.29, 0.717) is 5.56 Å². The summed E-state index contributed by atoms with van der Waals surface area (Å²) in [5.41, 5.74) is 0.447. The van der Waals surface area contributed by atoms with Crippen molar-refractivity contribution in [2.75, 3.05) is 7.11 Å². The van der Waals surface area contributed by atoms with Crippen molar-refractivity contribution < 1.29 is 24.5 Å². The topological polar surface area (TPSA) is 101 Å². The highest BCUT2D eigenvalue weighted by Gasteiger charge is 2.23. The van der Waals surface area contributed by atoms with Gasteiger partial charge in [-0.15, -0.1) is 0 Å². The monoisotopic (exact) mass is 312 g/mol. The lowest BCUT2D eigenvalue weighted by molar-refractivity contribution is 0.0591. The second-order valence-electron chi connectivity index (χ2n) is 4.73. The fourth-order valence-corrected chi connectivity index (χ4v) is 2.40. The summed E-state index contributed by atoms with van der Waals surface area (Å²) in [6, 6.07) is 10.9. The lowest BCUT2D eigenvalue weighted by Gasteiger charge is -2.08. The number of phenolic OH excluding ortho intramolecular Hbond substituents is 1. The zero-order valence-corrected chi connectivity index (χ0v) is 12.1. The van der Waals surface area contributed by atoms with Crippen molar-refractivity contribution in [2.24, 2.45) is 0 Å². The second kappa shape index (κ2) is 5.45. The Morgan fingerprint density at radius 3 is 2.52 bits per heavy atom. The van der Waals surface area contributed by atoms with Crippen LogP contribution in [-0.4, -0.2) is 38.6 Å². The smallest absolute Gasteiger partial charge is 0.356 e. The van der Waals surface area contributed by atoms with Gasteiger partial charge in [0.05, 0.1) is 18.2 Å². The molecule has 0 fully saturated rings. The lowest BCUT2D eigenvalue weighted by Crippen LogP contribution is -2.09. The molecular formula is C16H12N2O5. The molecule has 7 heteroatoms. The van der Waals surface area contributed by atoms with Crippen LogP contribution in [0.5, 0.6) is 5.75 Å². The number of rotatable bonds is 3. The summed E-state index contributed by atoms with van der Waals surface area (Å²) < 4.78 is 6.10. The van der Waals surface area contributed by atoms with Crippen LogP contribution in [0.2, 0.25) is 0 Å². The van der Waals surface area contributed by atoms with Crippen molar-refractivity contribution in [3.05, 3.63) is 53.9 Å². The fourth-order valence-electron chi connectivity index (χ4n) is 2.40. The minimum absolute atomic E-state index is 0.0731. The Labute approximate surface area is 130 Å². The number of methoxy groups -OCH3 is 1. The number of aromatic hydroxyl groups is 1. The predicted molar refractivity (Wildman–Crippen MR) is 80.6 cm³/mol. The highest BCUT2D eigenvalue weighted by Crippen LogP contribution is 2.31. The Balaban J connectivity index is 2.44. The SMILES string of the molecule is COC(=O)c1cccc2c(C(=O)O)nc(-c3ccccc3O)n12. The molecule has 0 saturated carbocycles. The first kappa shape index (κ1) is 14.6. The summed E-state index contributed by atoms with van der Waals surface area (Å²) in [6.07, 6.45) is 0. The molecule has 1 aromatic carbocycles. The van der Waals surface area contributed by atoms with E-state index < -0.39 is 11.9 Å². The molecule has 0 radical (unpaired) electrons. The molecule has 7 nitrogen and oxygen atoms in total. The van der Waals surface area contributed by atoms with Crippen LogP contribution in [0.25, 0.3) is 16.9 Å². The van der Waals surface area contributed by atoms with Gasteiger partial charge in [-0.3, -0.25) is 4.40 Å². The highest BCUT2D eigenvalue weighted by atomic mass is 16.5. The quantitative estimate of drug-likeness (QED) is 0.719. The van der Waals surface area contributed by atoms with Gasteiger partial charge in [0.15, 0.2) is 5.69 Å². The van der Waals surface area contributed by atoms with Gasteiger partial charge in [0, 0.05) is 0 Å². The van der Waals surface area contributed by atoms with E-state index in [2.05, 4.69) is 4.98 Å². The molecule has 0 spiro atoms. The zero-order chi connectivity index (χ0) is 16.6. The van der Waals surface area contributed by atoms with E-state index in [9.17, 15) is 19.8 Å². The largest absolute Gasteiger partial charge is 0.507 e. The minimum atomic E-state index is -1.23. The van der Waals surface area contributed by atoms with Gasteiger partial charge in [-0.2, -0.15) is 0 Å². The van der Waals surface area contributed by atoms with E-state index in [0.717, 1.165) is 0 Å². The van der Waals surface area contributed by atoms with Crippen LogP contribution in [0.3, 0.4) is 0 Å². The molecule has 2 N–H and O–H groups in total. The molecule has 3 aromatic rings. The van der Waals surface area contributed by atoms with Crippen molar-refractivity contribution in [2.45, 2.75) is 0 Å². The Morgan fingerprint density at radius 1 is 1.13 bits per heavy atom. The van der Waals surface area contributed by atoms with Crippen molar-refractivity contribution in [3.63, 3.8) is 0 Å². The van der Waals surface area contributed by atoms with Crippen LogP contribution in [-0.2, 0) is 4.74 Å². The summed E-state index contributed by atoms with van der Waals surface area (Å²) in [7, 11) is 1.23. The number of esters is 1. The second-order valence-corrected chi connectivity index (χ2v) is 4.73. The molecule has 0 saturated heterocycles. The normalized spacial score (nSPS) is 10.7. The number of carboxylic acid groups (broad SMARTS) is 1. The third kappa shape index (κ3) is 2.28. The van der Waals surface area contributed by atoms with Gasteiger partial charge < -0.3 is 14.9 Å². The van der Waals surface area contributed by atoms with Crippen molar-refractivity contribution in [1.82, 2.24) is 9.38 Å². The van der Waals surface area contributed by atoms with Crippen molar-refractivity contribution in [3.8, 4) is 17.1 Å². The number of benzene rings is 1. The number of fused-ring (bicyclic) bond motifs is 1. The number of ether oxygens (including phenoxy) is 1. The summed E-state index contributed by atoms with van der Waals surface area (Å²) in [5.74, 6) is -1.79. The number of aromatic carboxylic acids is 1.